The average Bonchev–Trinajstić information content (AvgIpc) is 2.70. The molecule has 1 unspecified atom stereocenters. The summed E-state index contributed by atoms with van der Waals surface area (Å²) >= 11 is 0. The lowest BCUT2D eigenvalue weighted by Gasteiger charge is -2.12. The lowest BCUT2D eigenvalue weighted by molar-refractivity contribution is 0.162. The maximum atomic E-state index is 5.71. The first-order valence-electron chi connectivity index (χ1n) is 12.2. The van der Waals surface area contributed by atoms with Crippen molar-refractivity contribution in [1.82, 2.24) is 0 Å². The van der Waals surface area contributed by atoms with Gasteiger partial charge in [-0.2, -0.15) is 0 Å². The highest BCUT2D eigenvalue weighted by atomic mass is 16.5. The van der Waals surface area contributed by atoms with Crippen molar-refractivity contribution in [2.24, 2.45) is 5.92 Å². The molecule has 0 heterocycles. The third-order valence-electron chi connectivity index (χ3n) is 4.99. The van der Waals surface area contributed by atoms with Crippen LogP contribution in [0.1, 0.15) is 131 Å². The largest absolute Gasteiger partial charge is 0.498 e. The third-order valence-corrected chi connectivity index (χ3v) is 4.99. The van der Waals surface area contributed by atoms with Gasteiger partial charge in [0.05, 0.1) is 12.4 Å². The topological polar surface area (TPSA) is 9.23 Å². The maximum Gasteiger partial charge on any atom is 0.0902 e. The number of hydrogen-bond acceptors (Lipinski definition) is 1. The second kappa shape index (κ2) is 25.3. The fourth-order valence-electron chi connectivity index (χ4n) is 2.84. The Balaban J connectivity index is 0. The molecule has 1 nitrogen and oxygen atoms in total. The molecule has 0 spiro atoms. The molecule has 0 bridgehead atoms. The number of allylic oxidation sites excluding steroid dienone is 3. The Morgan fingerprint density at radius 3 is 1.78 bits per heavy atom. The van der Waals surface area contributed by atoms with Crippen LogP contribution in [0.4, 0.5) is 0 Å². The van der Waals surface area contributed by atoms with Gasteiger partial charge in [-0.1, -0.05) is 111 Å². The minimum absolute atomic E-state index is 0.644. The summed E-state index contributed by atoms with van der Waals surface area (Å²) in [6.07, 6.45) is 24.6. The van der Waals surface area contributed by atoms with Crippen LogP contribution in [0.25, 0.3) is 0 Å². The van der Waals surface area contributed by atoms with Crippen LogP contribution >= 0.6 is 0 Å². The van der Waals surface area contributed by atoms with Crippen LogP contribution in [0, 0.1) is 5.92 Å². The number of unbranched alkanes of at least 4 members (excludes halogenated alkanes) is 11. The van der Waals surface area contributed by atoms with Crippen molar-refractivity contribution in [1.29, 1.82) is 0 Å². The van der Waals surface area contributed by atoms with Crippen LogP contribution in [0.15, 0.2) is 24.5 Å². The van der Waals surface area contributed by atoms with Crippen molar-refractivity contribution in [3.05, 3.63) is 24.5 Å². The van der Waals surface area contributed by atoms with E-state index in [9.17, 15) is 0 Å². The Hall–Kier alpha value is -0.720. The number of rotatable bonds is 19. The maximum absolute atomic E-state index is 5.71. The van der Waals surface area contributed by atoms with Gasteiger partial charge in [0.1, 0.15) is 0 Å². The zero-order chi connectivity index (χ0) is 20.6. The summed E-state index contributed by atoms with van der Waals surface area (Å²) in [4.78, 5) is 0. The molecule has 1 atom stereocenters. The molecule has 0 amide bonds. The second-order valence-corrected chi connectivity index (χ2v) is 7.70. The molecule has 162 valence electrons. The predicted octanol–water partition coefficient (Wildman–Crippen LogP) is 9.63. The van der Waals surface area contributed by atoms with E-state index in [1.54, 1.807) is 0 Å². The van der Waals surface area contributed by atoms with Crippen molar-refractivity contribution in [2.75, 3.05) is 6.61 Å². The Bertz CT molecular complexity index is 305. The first kappa shape index (κ1) is 28.5. The molecule has 0 rings (SSSR count). The van der Waals surface area contributed by atoms with Crippen LogP contribution in [0.5, 0.6) is 0 Å². The Kier molecular flexibility index (Phi) is 26.7. The summed E-state index contributed by atoms with van der Waals surface area (Å²) < 4.78 is 5.71. The van der Waals surface area contributed by atoms with Gasteiger partial charge >= 0.3 is 0 Å². The van der Waals surface area contributed by atoms with E-state index >= 15 is 0 Å². The minimum Gasteiger partial charge on any atom is -0.498 e. The van der Waals surface area contributed by atoms with Gasteiger partial charge < -0.3 is 4.74 Å². The van der Waals surface area contributed by atoms with Crippen LogP contribution in [0.3, 0.4) is 0 Å². The van der Waals surface area contributed by atoms with Crippen LogP contribution < -0.4 is 0 Å². The lowest BCUT2D eigenvalue weighted by atomic mass is 10.1. The summed E-state index contributed by atoms with van der Waals surface area (Å²) in [5, 5.41) is 0. The van der Waals surface area contributed by atoms with Gasteiger partial charge in [-0.05, 0) is 38.0 Å². The number of ether oxygens (including phenoxy) is 1. The van der Waals surface area contributed by atoms with Crippen molar-refractivity contribution in [3.8, 4) is 0 Å². The van der Waals surface area contributed by atoms with E-state index in [1.807, 2.05) is 13.8 Å². The van der Waals surface area contributed by atoms with Gasteiger partial charge in [-0.15, -0.1) is 0 Å². The van der Waals surface area contributed by atoms with E-state index < -0.39 is 0 Å². The van der Waals surface area contributed by atoms with E-state index in [0.717, 1.165) is 18.8 Å². The van der Waals surface area contributed by atoms with Gasteiger partial charge in [0, 0.05) is 6.42 Å². The molecule has 0 aliphatic carbocycles. The molecule has 0 radical (unpaired) electrons. The highest BCUT2D eigenvalue weighted by Crippen LogP contribution is 2.13. The zero-order valence-corrected chi connectivity index (χ0v) is 19.7. The van der Waals surface area contributed by atoms with Crippen LogP contribution in [0.2, 0.25) is 0 Å². The standard InChI is InChI=1S/C24H46O.C2H6/c1-5-7-8-9-10-11-12-13-14-15-16-17-18-19-20-21-24(4)25-22-23(3)6-2;1-2/h13-14,23H,4-12,15-22H2,1-3H3;1-2H3/b14-13-;. The van der Waals surface area contributed by atoms with Crippen LogP contribution in [-0.2, 0) is 4.74 Å². The zero-order valence-electron chi connectivity index (χ0n) is 19.7. The van der Waals surface area contributed by atoms with E-state index in [1.165, 1.54) is 89.9 Å². The molecule has 0 saturated carbocycles. The summed E-state index contributed by atoms with van der Waals surface area (Å²) in [5.74, 6) is 1.63. The molecule has 0 aromatic carbocycles. The Morgan fingerprint density at radius 1 is 0.778 bits per heavy atom. The third kappa shape index (κ3) is 25.3. The SMILES string of the molecule is C=C(CCCCCCC/C=C\CCCCCCCC)OCC(C)CC.CC. The first-order chi connectivity index (χ1) is 13.2. The normalized spacial score (nSPS) is 11.9. The van der Waals surface area contributed by atoms with Crippen molar-refractivity contribution < 1.29 is 4.74 Å². The molecule has 0 saturated heterocycles. The van der Waals surface area contributed by atoms with E-state index in [2.05, 4.69) is 39.5 Å². The van der Waals surface area contributed by atoms with Crippen molar-refractivity contribution >= 4 is 0 Å². The monoisotopic (exact) mass is 380 g/mol. The quantitative estimate of drug-likeness (QED) is 0.123. The van der Waals surface area contributed by atoms with Gasteiger partial charge in [0.25, 0.3) is 0 Å². The molecular weight excluding hydrogens is 328 g/mol. The minimum atomic E-state index is 0.644. The van der Waals surface area contributed by atoms with E-state index in [4.69, 9.17) is 4.74 Å². The van der Waals surface area contributed by atoms with Gasteiger partial charge in [-0.25, -0.2) is 0 Å². The van der Waals surface area contributed by atoms with Crippen LogP contribution in [-0.4, -0.2) is 6.61 Å². The summed E-state index contributed by atoms with van der Waals surface area (Å²) in [6.45, 7) is 15.6. The molecule has 0 aromatic heterocycles. The van der Waals surface area contributed by atoms with E-state index in [-0.39, 0.29) is 0 Å². The Morgan fingerprint density at radius 2 is 1.26 bits per heavy atom. The second-order valence-electron chi connectivity index (χ2n) is 7.70. The molecule has 27 heavy (non-hydrogen) atoms. The fraction of sp³-hybridized carbons (Fsp3) is 0.846. The summed E-state index contributed by atoms with van der Waals surface area (Å²) in [7, 11) is 0. The molecule has 0 aliphatic heterocycles. The molecule has 1 heteroatoms. The number of hydrogen-bond donors (Lipinski definition) is 0. The van der Waals surface area contributed by atoms with Crippen molar-refractivity contribution in [2.45, 2.75) is 131 Å². The van der Waals surface area contributed by atoms with Gasteiger partial charge in [0.2, 0.25) is 0 Å². The summed E-state index contributed by atoms with van der Waals surface area (Å²) in [6, 6.07) is 0. The Labute approximate surface area is 173 Å². The van der Waals surface area contributed by atoms with Crippen molar-refractivity contribution in [3.63, 3.8) is 0 Å². The molecule has 0 aromatic rings. The molecule has 0 aliphatic rings. The molecule has 0 fully saturated rings. The van der Waals surface area contributed by atoms with Gasteiger partial charge in [0.15, 0.2) is 0 Å². The average molecular weight is 381 g/mol. The fourth-order valence-corrected chi connectivity index (χ4v) is 2.84. The highest BCUT2D eigenvalue weighted by molar-refractivity contribution is 4.82. The molecule has 0 N–H and O–H groups in total. The highest BCUT2D eigenvalue weighted by Gasteiger charge is 2.01. The molecular formula is C26H52O. The van der Waals surface area contributed by atoms with E-state index in [0.29, 0.717) is 5.92 Å². The summed E-state index contributed by atoms with van der Waals surface area (Å²) in [5.41, 5.74) is 0. The first-order valence-corrected chi connectivity index (χ1v) is 12.2. The lowest BCUT2D eigenvalue weighted by Crippen LogP contribution is -2.04. The predicted molar refractivity (Wildman–Crippen MR) is 125 cm³/mol. The smallest absolute Gasteiger partial charge is 0.0902 e. The van der Waals surface area contributed by atoms with Gasteiger partial charge in [-0.3, -0.25) is 0 Å².